The minimum absolute atomic E-state index is 0.127. The molecule has 0 bridgehead atoms. The molecule has 0 atom stereocenters. The molecule has 0 aromatic heterocycles. The van der Waals surface area contributed by atoms with Crippen LogP contribution in [0.4, 0.5) is 0 Å². The van der Waals surface area contributed by atoms with Crippen molar-refractivity contribution in [2.75, 3.05) is 13.2 Å². The fraction of sp³-hybridized carbons (Fsp3) is 0.471. The lowest BCUT2D eigenvalue weighted by Crippen LogP contribution is -2.44. The van der Waals surface area contributed by atoms with Crippen molar-refractivity contribution in [1.82, 2.24) is 4.90 Å². The van der Waals surface area contributed by atoms with Gasteiger partial charge in [-0.2, -0.15) is 0 Å². The van der Waals surface area contributed by atoms with E-state index in [1.807, 2.05) is 31.2 Å². The lowest BCUT2D eigenvalue weighted by molar-refractivity contribution is -0.119. The molecule has 3 aliphatic rings. The minimum atomic E-state index is -0.418. The third-order valence-corrected chi connectivity index (χ3v) is 9.06. The SMILES string of the molecule is CCOc1cc(C2C3=C(CC(C)(C)CC3=O)N(CC)C3=C2C(=O)CC(C)(C)C3)ccc1OCc1ccc(Cl)c(Cl)c1. The average Bonchev–Trinajstić information content (AvgIpc) is 2.87. The van der Waals surface area contributed by atoms with Crippen LogP contribution in [0.5, 0.6) is 11.5 Å². The van der Waals surface area contributed by atoms with E-state index in [1.54, 1.807) is 12.1 Å². The van der Waals surface area contributed by atoms with Gasteiger partial charge in [-0.3, -0.25) is 9.59 Å². The van der Waals surface area contributed by atoms with Crippen molar-refractivity contribution in [2.24, 2.45) is 10.8 Å². The van der Waals surface area contributed by atoms with Crippen LogP contribution in [-0.2, 0) is 16.2 Å². The van der Waals surface area contributed by atoms with Crippen LogP contribution in [0, 0.1) is 10.8 Å². The summed E-state index contributed by atoms with van der Waals surface area (Å²) >= 11 is 12.3. The number of carbonyl (C=O) groups is 2. The fourth-order valence-corrected chi connectivity index (χ4v) is 6.97. The van der Waals surface area contributed by atoms with Gasteiger partial charge in [-0.25, -0.2) is 0 Å². The molecule has 5 rings (SSSR count). The molecule has 2 aromatic carbocycles. The van der Waals surface area contributed by atoms with Gasteiger partial charge < -0.3 is 14.4 Å². The van der Waals surface area contributed by atoms with Crippen molar-refractivity contribution in [3.05, 3.63) is 80.1 Å². The van der Waals surface area contributed by atoms with Crippen molar-refractivity contribution >= 4 is 34.8 Å². The van der Waals surface area contributed by atoms with Crippen LogP contribution in [0.1, 0.15) is 84.3 Å². The monoisotopic (exact) mass is 595 g/mol. The second kappa shape index (κ2) is 11.1. The predicted octanol–water partition coefficient (Wildman–Crippen LogP) is 8.68. The Kier molecular flexibility index (Phi) is 8.08. The summed E-state index contributed by atoms with van der Waals surface area (Å²) in [5.41, 5.74) is 5.16. The molecule has 0 saturated heterocycles. The van der Waals surface area contributed by atoms with E-state index in [1.165, 1.54) is 0 Å². The summed E-state index contributed by atoms with van der Waals surface area (Å²) < 4.78 is 12.2. The van der Waals surface area contributed by atoms with Crippen molar-refractivity contribution < 1.29 is 19.1 Å². The Balaban J connectivity index is 1.61. The second-order valence-electron chi connectivity index (χ2n) is 13.0. The van der Waals surface area contributed by atoms with Gasteiger partial charge in [-0.05, 0) is 72.9 Å². The van der Waals surface area contributed by atoms with Gasteiger partial charge in [0.05, 0.1) is 16.7 Å². The number of hydrogen-bond acceptors (Lipinski definition) is 5. The highest BCUT2D eigenvalue weighted by atomic mass is 35.5. The zero-order valence-electron chi connectivity index (χ0n) is 24.8. The Morgan fingerprint density at radius 2 is 1.39 bits per heavy atom. The molecule has 0 N–H and O–H groups in total. The molecule has 218 valence electrons. The summed E-state index contributed by atoms with van der Waals surface area (Å²) in [5, 5.41) is 0.966. The third-order valence-electron chi connectivity index (χ3n) is 8.32. The van der Waals surface area contributed by atoms with Gasteiger partial charge in [-0.15, -0.1) is 0 Å². The number of Topliss-reactive ketones (excluding diaryl/α,β-unsaturated/α-hetero) is 2. The van der Waals surface area contributed by atoms with E-state index in [-0.39, 0.29) is 29.0 Å². The number of carbonyl (C=O) groups excluding carboxylic acids is 2. The lowest BCUT2D eigenvalue weighted by Gasteiger charge is -2.48. The van der Waals surface area contributed by atoms with E-state index >= 15 is 0 Å². The molecule has 5 nitrogen and oxygen atoms in total. The molecule has 7 heteroatoms. The molecular formula is C34H39Cl2NO4. The first-order chi connectivity index (χ1) is 19.3. The quantitative estimate of drug-likeness (QED) is 0.320. The van der Waals surface area contributed by atoms with Crippen molar-refractivity contribution in [1.29, 1.82) is 0 Å². The molecule has 0 spiro atoms. The molecule has 1 heterocycles. The number of nitrogens with zero attached hydrogens (tertiary/aromatic N) is 1. The molecule has 0 fully saturated rings. The maximum atomic E-state index is 13.9. The normalized spacial score (nSPS) is 20.2. The average molecular weight is 597 g/mol. The van der Waals surface area contributed by atoms with Crippen molar-refractivity contribution in [2.45, 2.75) is 79.8 Å². The number of ether oxygens (including phenoxy) is 2. The van der Waals surface area contributed by atoms with Crippen molar-refractivity contribution in [3.63, 3.8) is 0 Å². The van der Waals surface area contributed by atoms with Crippen LogP contribution in [0.25, 0.3) is 0 Å². The first-order valence-corrected chi connectivity index (χ1v) is 15.2. The van der Waals surface area contributed by atoms with E-state index in [9.17, 15) is 9.59 Å². The maximum Gasteiger partial charge on any atom is 0.162 e. The molecule has 0 radical (unpaired) electrons. The van der Waals surface area contributed by atoms with Crippen molar-refractivity contribution in [3.8, 4) is 11.5 Å². The summed E-state index contributed by atoms with van der Waals surface area (Å²) in [7, 11) is 0. The molecular weight excluding hydrogens is 557 g/mol. The summed E-state index contributed by atoms with van der Waals surface area (Å²) in [5.74, 6) is 1.00. The topological polar surface area (TPSA) is 55.8 Å². The lowest BCUT2D eigenvalue weighted by atomic mass is 9.63. The molecule has 41 heavy (non-hydrogen) atoms. The highest BCUT2D eigenvalue weighted by molar-refractivity contribution is 6.42. The van der Waals surface area contributed by atoms with Gasteiger partial charge in [0.1, 0.15) is 6.61 Å². The molecule has 0 saturated carbocycles. The summed E-state index contributed by atoms with van der Waals surface area (Å²) in [6.07, 6.45) is 2.52. The van der Waals surface area contributed by atoms with Crippen LogP contribution in [0.3, 0.4) is 0 Å². The van der Waals surface area contributed by atoms with Crippen LogP contribution in [-0.4, -0.2) is 29.6 Å². The molecule has 1 aliphatic heterocycles. The van der Waals surface area contributed by atoms with Crippen LogP contribution in [0.2, 0.25) is 10.0 Å². The number of rotatable bonds is 7. The fourth-order valence-electron chi connectivity index (χ4n) is 6.65. The Bertz CT molecular complexity index is 1420. The van der Waals surface area contributed by atoms with Crippen LogP contribution in [0.15, 0.2) is 58.9 Å². The number of hydrogen-bond donors (Lipinski definition) is 0. The Labute approximate surface area is 253 Å². The van der Waals surface area contributed by atoms with Crippen LogP contribution < -0.4 is 9.47 Å². The zero-order valence-corrected chi connectivity index (χ0v) is 26.3. The second-order valence-corrected chi connectivity index (χ2v) is 13.8. The zero-order chi connectivity index (χ0) is 29.7. The standard InChI is InChI=1S/C34H39Cl2NO4/c1-7-37-24-15-33(3,4)17-26(38)31(24)30(32-25(37)16-34(5,6)18-27(32)39)21-10-12-28(29(14-21)40-8-2)41-19-20-9-11-22(35)23(36)13-20/h9-14,30H,7-8,15-19H2,1-6H3. The Morgan fingerprint density at radius 3 is 1.93 bits per heavy atom. The van der Waals surface area contributed by atoms with Gasteiger partial charge in [0.25, 0.3) is 0 Å². The first-order valence-electron chi connectivity index (χ1n) is 14.5. The van der Waals surface area contributed by atoms with E-state index in [2.05, 4.69) is 39.5 Å². The van der Waals surface area contributed by atoms with E-state index in [0.717, 1.165) is 53.1 Å². The van der Waals surface area contributed by atoms with E-state index < -0.39 is 5.92 Å². The summed E-state index contributed by atoms with van der Waals surface area (Å²) in [6.45, 7) is 14.1. The minimum Gasteiger partial charge on any atom is -0.490 e. The van der Waals surface area contributed by atoms with E-state index in [0.29, 0.717) is 41.0 Å². The molecule has 2 aliphatic carbocycles. The van der Waals surface area contributed by atoms with Gasteiger partial charge in [0, 0.05) is 47.8 Å². The number of halogens is 2. The smallest absolute Gasteiger partial charge is 0.162 e. The number of ketones is 2. The Hall–Kier alpha value is -2.76. The molecule has 0 unspecified atom stereocenters. The Morgan fingerprint density at radius 1 is 0.780 bits per heavy atom. The van der Waals surface area contributed by atoms with Gasteiger partial charge in [0.15, 0.2) is 23.1 Å². The highest BCUT2D eigenvalue weighted by Gasteiger charge is 2.48. The molecule has 0 amide bonds. The first kappa shape index (κ1) is 29.7. The maximum absolute atomic E-state index is 13.9. The number of benzene rings is 2. The summed E-state index contributed by atoms with van der Waals surface area (Å²) in [6, 6.07) is 11.2. The highest BCUT2D eigenvalue weighted by Crippen LogP contribution is 2.54. The molecule has 2 aromatic rings. The summed E-state index contributed by atoms with van der Waals surface area (Å²) in [4.78, 5) is 30.1. The van der Waals surface area contributed by atoms with Gasteiger partial charge in [0.2, 0.25) is 0 Å². The largest absolute Gasteiger partial charge is 0.490 e. The van der Waals surface area contributed by atoms with E-state index in [4.69, 9.17) is 32.7 Å². The third kappa shape index (κ3) is 5.81. The number of allylic oxidation sites excluding steroid dienone is 4. The van der Waals surface area contributed by atoms with Crippen LogP contribution >= 0.6 is 23.2 Å². The predicted molar refractivity (Wildman–Crippen MR) is 164 cm³/mol. The van der Waals surface area contributed by atoms with Gasteiger partial charge in [-0.1, -0.05) is 63.0 Å². The van der Waals surface area contributed by atoms with Gasteiger partial charge >= 0.3 is 0 Å².